The molecule has 0 heterocycles. The van der Waals surface area contributed by atoms with E-state index in [1.807, 2.05) is 0 Å². The predicted molar refractivity (Wildman–Crippen MR) is 101 cm³/mol. The molecule has 2 rings (SSSR count). The Morgan fingerprint density at radius 1 is 1.07 bits per heavy atom. The molecular formula is C21H22F3NO4. The number of alkyl halides is 3. The Labute approximate surface area is 166 Å². The number of hydrogen-bond donors (Lipinski definition) is 3. The molecule has 3 N–H and O–H groups in total. The van der Waals surface area contributed by atoms with Crippen LogP contribution >= 0.6 is 0 Å². The zero-order valence-corrected chi connectivity index (χ0v) is 15.8. The molecule has 2 aromatic carbocycles. The van der Waals surface area contributed by atoms with E-state index in [9.17, 15) is 33.0 Å². The Morgan fingerprint density at radius 2 is 1.72 bits per heavy atom. The van der Waals surface area contributed by atoms with Crippen LogP contribution in [0.2, 0.25) is 0 Å². The zero-order chi connectivity index (χ0) is 21.6. The highest BCUT2D eigenvalue weighted by Gasteiger charge is 2.30. The fraction of sp³-hybridized carbons (Fsp3) is 0.333. The predicted octanol–water partition coefficient (Wildman–Crippen LogP) is 4.03. The SMILES string of the molecule is CCC(Cc1ccc(CO)c(CC(=O)Nc2ccc(C(F)(F)F)cc2)c1)C(=O)O. The first-order chi connectivity index (χ1) is 13.6. The number of rotatable bonds is 8. The number of carboxylic acid groups (broad SMARTS) is 1. The van der Waals surface area contributed by atoms with Gasteiger partial charge in [-0.25, -0.2) is 0 Å². The molecule has 1 atom stereocenters. The minimum absolute atomic E-state index is 0.103. The second-order valence-electron chi connectivity index (χ2n) is 6.71. The highest BCUT2D eigenvalue weighted by molar-refractivity contribution is 5.92. The molecule has 5 nitrogen and oxygen atoms in total. The van der Waals surface area contributed by atoms with E-state index in [2.05, 4.69) is 5.32 Å². The molecule has 0 saturated carbocycles. The molecule has 0 saturated heterocycles. The van der Waals surface area contributed by atoms with Crippen molar-refractivity contribution in [1.82, 2.24) is 0 Å². The summed E-state index contributed by atoms with van der Waals surface area (Å²) >= 11 is 0. The average Bonchev–Trinajstić information content (AvgIpc) is 2.65. The van der Waals surface area contributed by atoms with Crippen molar-refractivity contribution in [3.63, 3.8) is 0 Å². The topological polar surface area (TPSA) is 86.6 Å². The second kappa shape index (κ2) is 9.56. The molecule has 0 aromatic heterocycles. The van der Waals surface area contributed by atoms with E-state index in [0.29, 0.717) is 24.0 Å². The van der Waals surface area contributed by atoms with Crippen LogP contribution in [0.5, 0.6) is 0 Å². The third kappa shape index (κ3) is 6.32. The number of halogens is 3. The Morgan fingerprint density at radius 3 is 2.24 bits per heavy atom. The lowest BCUT2D eigenvalue weighted by Crippen LogP contribution is -2.17. The first-order valence-electron chi connectivity index (χ1n) is 9.05. The molecule has 0 fully saturated rings. The van der Waals surface area contributed by atoms with Crippen molar-refractivity contribution in [3.8, 4) is 0 Å². The van der Waals surface area contributed by atoms with Gasteiger partial charge in [0.05, 0.1) is 24.5 Å². The molecule has 29 heavy (non-hydrogen) atoms. The van der Waals surface area contributed by atoms with Gasteiger partial charge in [-0.15, -0.1) is 0 Å². The minimum atomic E-state index is -4.45. The maximum atomic E-state index is 12.6. The number of aliphatic carboxylic acids is 1. The fourth-order valence-electron chi connectivity index (χ4n) is 2.94. The van der Waals surface area contributed by atoms with E-state index in [4.69, 9.17) is 0 Å². The summed E-state index contributed by atoms with van der Waals surface area (Å²) < 4.78 is 37.8. The molecule has 1 amide bonds. The number of carbonyl (C=O) groups excluding carboxylic acids is 1. The van der Waals surface area contributed by atoms with Crippen molar-refractivity contribution in [2.45, 2.75) is 39.0 Å². The second-order valence-corrected chi connectivity index (χ2v) is 6.71. The van der Waals surface area contributed by atoms with E-state index >= 15 is 0 Å². The van der Waals surface area contributed by atoms with Gasteiger partial charge in [0.15, 0.2) is 0 Å². The molecule has 0 spiro atoms. The smallest absolute Gasteiger partial charge is 0.416 e. The standard InChI is InChI=1S/C21H22F3NO4/c1-2-14(20(28)29)9-13-3-4-15(12-26)16(10-13)11-19(27)25-18-7-5-17(6-8-18)21(22,23)24/h3-8,10,14,26H,2,9,11-12H2,1H3,(H,25,27)(H,28,29). The summed E-state index contributed by atoms with van der Waals surface area (Å²) in [5.41, 5.74) is 1.21. The molecule has 8 heteroatoms. The van der Waals surface area contributed by atoms with Gasteiger partial charge in [0.25, 0.3) is 0 Å². The van der Waals surface area contributed by atoms with Gasteiger partial charge in [0, 0.05) is 5.69 Å². The maximum Gasteiger partial charge on any atom is 0.416 e. The normalized spacial score (nSPS) is 12.4. The molecule has 1 unspecified atom stereocenters. The van der Waals surface area contributed by atoms with Crippen molar-refractivity contribution in [1.29, 1.82) is 0 Å². The van der Waals surface area contributed by atoms with Crippen LogP contribution in [0.1, 0.15) is 35.6 Å². The Bertz CT molecular complexity index is 863. The lowest BCUT2D eigenvalue weighted by molar-refractivity contribution is -0.142. The van der Waals surface area contributed by atoms with Gasteiger partial charge < -0.3 is 15.5 Å². The summed E-state index contributed by atoms with van der Waals surface area (Å²) in [5, 5.41) is 21.2. The third-order valence-electron chi connectivity index (χ3n) is 4.61. The summed E-state index contributed by atoms with van der Waals surface area (Å²) in [5.74, 6) is -1.91. The first kappa shape index (κ1) is 22.4. The summed E-state index contributed by atoms with van der Waals surface area (Å²) in [4.78, 5) is 23.6. The fourth-order valence-corrected chi connectivity index (χ4v) is 2.94. The number of hydrogen-bond acceptors (Lipinski definition) is 3. The largest absolute Gasteiger partial charge is 0.481 e. The van der Waals surface area contributed by atoms with Crippen LogP contribution in [0.25, 0.3) is 0 Å². The highest BCUT2D eigenvalue weighted by Crippen LogP contribution is 2.29. The lowest BCUT2D eigenvalue weighted by atomic mass is 9.93. The Hall–Kier alpha value is -2.87. The van der Waals surface area contributed by atoms with Crippen molar-refractivity contribution >= 4 is 17.6 Å². The minimum Gasteiger partial charge on any atom is -0.481 e. The molecule has 0 radical (unpaired) electrons. The van der Waals surface area contributed by atoms with Gasteiger partial charge in [-0.2, -0.15) is 13.2 Å². The third-order valence-corrected chi connectivity index (χ3v) is 4.61. The van der Waals surface area contributed by atoms with Crippen LogP contribution < -0.4 is 5.32 Å². The van der Waals surface area contributed by atoms with Gasteiger partial charge in [-0.3, -0.25) is 9.59 Å². The Kier molecular flexibility index (Phi) is 7.39. The van der Waals surface area contributed by atoms with Gasteiger partial charge in [-0.05, 0) is 53.8 Å². The number of nitrogens with one attached hydrogen (secondary N) is 1. The molecule has 2 aromatic rings. The van der Waals surface area contributed by atoms with Crippen LogP contribution in [0.3, 0.4) is 0 Å². The molecule has 0 aliphatic carbocycles. The quantitative estimate of drug-likeness (QED) is 0.614. The maximum absolute atomic E-state index is 12.6. The van der Waals surface area contributed by atoms with Crippen LogP contribution in [-0.2, 0) is 35.2 Å². The van der Waals surface area contributed by atoms with E-state index in [-0.39, 0.29) is 18.7 Å². The summed E-state index contributed by atoms with van der Waals surface area (Å²) in [6, 6.07) is 9.15. The number of carboxylic acids is 1. The summed E-state index contributed by atoms with van der Waals surface area (Å²) in [6.07, 6.45) is -3.80. The number of anilines is 1. The van der Waals surface area contributed by atoms with E-state index in [1.165, 1.54) is 12.1 Å². The van der Waals surface area contributed by atoms with Crippen molar-refractivity contribution in [3.05, 3.63) is 64.7 Å². The molecule has 0 aliphatic rings. The van der Waals surface area contributed by atoms with Crippen molar-refractivity contribution in [2.75, 3.05) is 5.32 Å². The molecule has 0 bridgehead atoms. The number of benzene rings is 2. The lowest BCUT2D eigenvalue weighted by Gasteiger charge is -2.14. The molecular weight excluding hydrogens is 387 g/mol. The summed E-state index contributed by atoms with van der Waals surface area (Å²) in [6.45, 7) is 1.48. The number of aliphatic hydroxyl groups is 1. The number of carbonyl (C=O) groups is 2. The first-order valence-corrected chi connectivity index (χ1v) is 9.05. The van der Waals surface area contributed by atoms with Crippen LogP contribution in [-0.4, -0.2) is 22.1 Å². The van der Waals surface area contributed by atoms with Crippen LogP contribution in [0.15, 0.2) is 42.5 Å². The van der Waals surface area contributed by atoms with E-state index < -0.39 is 29.5 Å². The number of aliphatic hydroxyl groups excluding tert-OH is 1. The molecule has 0 aliphatic heterocycles. The van der Waals surface area contributed by atoms with Crippen LogP contribution in [0.4, 0.5) is 18.9 Å². The average molecular weight is 409 g/mol. The van der Waals surface area contributed by atoms with E-state index in [0.717, 1.165) is 17.7 Å². The van der Waals surface area contributed by atoms with Gasteiger partial charge in [-0.1, -0.05) is 25.1 Å². The van der Waals surface area contributed by atoms with Gasteiger partial charge in [0.1, 0.15) is 0 Å². The zero-order valence-electron chi connectivity index (χ0n) is 15.8. The summed E-state index contributed by atoms with van der Waals surface area (Å²) in [7, 11) is 0. The van der Waals surface area contributed by atoms with Gasteiger partial charge >= 0.3 is 12.1 Å². The monoisotopic (exact) mass is 409 g/mol. The van der Waals surface area contributed by atoms with E-state index in [1.54, 1.807) is 25.1 Å². The van der Waals surface area contributed by atoms with Gasteiger partial charge in [0.2, 0.25) is 5.91 Å². The number of amides is 1. The highest BCUT2D eigenvalue weighted by atomic mass is 19.4. The Balaban J connectivity index is 2.12. The molecule has 156 valence electrons. The van der Waals surface area contributed by atoms with Crippen molar-refractivity contribution < 1.29 is 33.0 Å². The van der Waals surface area contributed by atoms with Crippen LogP contribution in [0, 0.1) is 5.92 Å². The van der Waals surface area contributed by atoms with Crippen molar-refractivity contribution in [2.24, 2.45) is 5.92 Å².